The number of thiophene rings is 1. The van der Waals surface area contributed by atoms with E-state index in [1.807, 2.05) is 6.07 Å². The van der Waals surface area contributed by atoms with E-state index in [4.69, 9.17) is 10.00 Å². The van der Waals surface area contributed by atoms with Crippen molar-refractivity contribution in [3.8, 4) is 11.8 Å². The molecule has 0 aliphatic rings. The van der Waals surface area contributed by atoms with Crippen molar-refractivity contribution in [2.24, 2.45) is 0 Å². The molecule has 3 nitrogen and oxygen atoms in total. The van der Waals surface area contributed by atoms with Crippen LogP contribution in [0.2, 0.25) is 0 Å². The number of aryl methyl sites for hydroxylation is 1. The summed E-state index contributed by atoms with van der Waals surface area (Å²) in [7, 11) is 1.62. The van der Waals surface area contributed by atoms with Gasteiger partial charge in [-0.3, -0.25) is 0 Å². The van der Waals surface area contributed by atoms with Crippen LogP contribution in [-0.4, -0.2) is 7.11 Å². The lowest BCUT2D eigenvalue weighted by molar-refractivity contribution is 0.415. The minimum Gasteiger partial charge on any atom is -0.497 e. The molecule has 0 unspecified atom stereocenters. The van der Waals surface area contributed by atoms with Gasteiger partial charge in [0, 0.05) is 17.5 Å². The molecule has 0 aliphatic heterocycles. The molecule has 1 aromatic carbocycles. The molecule has 0 fully saturated rings. The van der Waals surface area contributed by atoms with E-state index in [2.05, 4.69) is 29.8 Å². The number of rotatable bonds is 5. The van der Waals surface area contributed by atoms with Crippen molar-refractivity contribution in [3.05, 3.63) is 45.6 Å². The molecule has 0 amide bonds. The first-order chi connectivity index (χ1) is 9.28. The number of methoxy groups -OCH3 is 1. The molecule has 2 rings (SSSR count). The summed E-state index contributed by atoms with van der Waals surface area (Å²) in [6, 6.07) is 9.77. The molecule has 19 heavy (non-hydrogen) atoms. The van der Waals surface area contributed by atoms with Gasteiger partial charge >= 0.3 is 0 Å². The summed E-state index contributed by atoms with van der Waals surface area (Å²) in [5.74, 6) is 0.753. The maximum atomic E-state index is 9.11. The highest BCUT2D eigenvalue weighted by atomic mass is 32.1. The Bertz CT molecular complexity index is 598. The van der Waals surface area contributed by atoms with Crippen LogP contribution in [0.4, 0.5) is 5.69 Å². The second-order valence-corrected chi connectivity index (χ2v) is 5.10. The number of anilines is 1. The molecule has 0 atom stereocenters. The summed E-state index contributed by atoms with van der Waals surface area (Å²) in [5, 5.41) is 14.5. The second kappa shape index (κ2) is 6.26. The minimum atomic E-state index is 0.635. The molecular weight excluding hydrogens is 256 g/mol. The van der Waals surface area contributed by atoms with E-state index in [-0.39, 0.29) is 0 Å². The summed E-state index contributed by atoms with van der Waals surface area (Å²) >= 11 is 1.74. The van der Waals surface area contributed by atoms with Gasteiger partial charge in [0.15, 0.2) is 0 Å². The van der Waals surface area contributed by atoms with Crippen LogP contribution in [0.15, 0.2) is 29.6 Å². The number of hydrogen-bond donors (Lipinski definition) is 1. The molecule has 0 spiro atoms. The van der Waals surface area contributed by atoms with Crippen molar-refractivity contribution < 1.29 is 4.74 Å². The molecule has 98 valence electrons. The lowest BCUT2D eigenvalue weighted by Crippen LogP contribution is -2.02. The fourth-order valence-electron chi connectivity index (χ4n) is 1.91. The first-order valence-electron chi connectivity index (χ1n) is 6.15. The van der Waals surface area contributed by atoms with Gasteiger partial charge in [-0.1, -0.05) is 6.92 Å². The quantitative estimate of drug-likeness (QED) is 0.900. The first kappa shape index (κ1) is 13.4. The zero-order valence-electron chi connectivity index (χ0n) is 11.1. The average molecular weight is 272 g/mol. The highest BCUT2D eigenvalue weighted by molar-refractivity contribution is 7.10. The van der Waals surface area contributed by atoms with Crippen LogP contribution in [-0.2, 0) is 13.0 Å². The summed E-state index contributed by atoms with van der Waals surface area (Å²) in [6.45, 7) is 2.89. The van der Waals surface area contributed by atoms with E-state index in [0.717, 1.165) is 24.4 Å². The minimum absolute atomic E-state index is 0.635. The van der Waals surface area contributed by atoms with E-state index >= 15 is 0 Å². The maximum Gasteiger partial charge on any atom is 0.121 e. The van der Waals surface area contributed by atoms with Crippen LogP contribution in [0, 0.1) is 11.3 Å². The smallest absolute Gasteiger partial charge is 0.121 e. The van der Waals surface area contributed by atoms with Gasteiger partial charge in [0.2, 0.25) is 0 Å². The summed E-state index contributed by atoms with van der Waals surface area (Å²) in [5.41, 5.74) is 2.81. The van der Waals surface area contributed by atoms with Crippen molar-refractivity contribution in [2.75, 3.05) is 12.4 Å². The van der Waals surface area contributed by atoms with Gasteiger partial charge in [0.25, 0.3) is 0 Å². The van der Waals surface area contributed by atoms with Gasteiger partial charge in [0.05, 0.1) is 18.4 Å². The summed E-state index contributed by atoms with van der Waals surface area (Å²) in [4.78, 5) is 1.31. The molecular formula is C15H16N2OS. The van der Waals surface area contributed by atoms with Crippen LogP contribution in [0.1, 0.15) is 22.9 Å². The molecule has 1 N–H and O–H groups in total. The van der Waals surface area contributed by atoms with E-state index in [1.165, 1.54) is 10.4 Å². The lowest BCUT2D eigenvalue weighted by Gasteiger charge is -2.10. The van der Waals surface area contributed by atoms with E-state index < -0.39 is 0 Å². The van der Waals surface area contributed by atoms with Crippen LogP contribution in [0.3, 0.4) is 0 Å². The fraction of sp³-hybridized carbons (Fsp3) is 0.267. The highest BCUT2D eigenvalue weighted by Crippen LogP contribution is 2.24. The Morgan fingerprint density at radius 3 is 2.89 bits per heavy atom. The third-order valence-electron chi connectivity index (χ3n) is 3.01. The zero-order chi connectivity index (χ0) is 13.7. The number of nitrogens with zero attached hydrogens (tertiary/aromatic N) is 1. The first-order valence-corrected chi connectivity index (χ1v) is 7.03. The van der Waals surface area contributed by atoms with Gasteiger partial charge in [-0.25, -0.2) is 0 Å². The van der Waals surface area contributed by atoms with Crippen molar-refractivity contribution in [1.82, 2.24) is 0 Å². The molecule has 4 heteroatoms. The van der Waals surface area contributed by atoms with Crippen molar-refractivity contribution >= 4 is 17.0 Å². The molecule has 0 aliphatic carbocycles. The van der Waals surface area contributed by atoms with Crippen LogP contribution in [0.25, 0.3) is 0 Å². The monoisotopic (exact) mass is 272 g/mol. The van der Waals surface area contributed by atoms with Crippen LogP contribution in [0.5, 0.6) is 5.75 Å². The second-order valence-electron chi connectivity index (χ2n) is 4.10. The lowest BCUT2D eigenvalue weighted by atomic mass is 10.1. The number of hydrogen-bond acceptors (Lipinski definition) is 4. The molecule has 0 bridgehead atoms. The van der Waals surface area contributed by atoms with Gasteiger partial charge in [-0.15, -0.1) is 11.3 Å². The molecule has 1 heterocycles. The Labute approximate surface area is 117 Å². The van der Waals surface area contributed by atoms with Crippen molar-refractivity contribution in [3.63, 3.8) is 0 Å². The standard InChI is InChI=1S/C15H16N2OS/c1-3-11-6-7-19-15(11)10-17-14-8-13(18-2)5-4-12(14)9-16/h4-8,17H,3,10H2,1-2H3. The summed E-state index contributed by atoms with van der Waals surface area (Å²) < 4.78 is 5.19. The number of nitrogens with one attached hydrogen (secondary N) is 1. The number of nitriles is 1. The largest absolute Gasteiger partial charge is 0.497 e. The third kappa shape index (κ3) is 3.07. The van der Waals surface area contributed by atoms with Crippen LogP contribution < -0.4 is 10.1 Å². The molecule has 0 saturated carbocycles. The molecule has 1 aromatic heterocycles. The van der Waals surface area contributed by atoms with E-state index in [0.29, 0.717) is 5.56 Å². The van der Waals surface area contributed by atoms with Gasteiger partial charge in [-0.05, 0) is 35.6 Å². The normalized spacial score (nSPS) is 9.95. The topological polar surface area (TPSA) is 45.0 Å². The Balaban J connectivity index is 2.17. The Morgan fingerprint density at radius 2 is 2.21 bits per heavy atom. The zero-order valence-corrected chi connectivity index (χ0v) is 11.9. The predicted octanol–water partition coefficient (Wildman–Crippen LogP) is 3.80. The summed E-state index contributed by atoms with van der Waals surface area (Å²) in [6.07, 6.45) is 1.03. The predicted molar refractivity (Wildman–Crippen MR) is 78.7 cm³/mol. The van der Waals surface area contributed by atoms with Crippen molar-refractivity contribution in [1.29, 1.82) is 5.26 Å². The van der Waals surface area contributed by atoms with Gasteiger partial charge < -0.3 is 10.1 Å². The average Bonchev–Trinajstić information content (AvgIpc) is 2.92. The Hall–Kier alpha value is -1.99. The van der Waals surface area contributed by atoms with E-state index in [1.54, 1.807) is 30.6 Å². The van der Waals surface area contributed by atoms with Crippen molar-refractivity contribution in [2.45, 2.75) is 19.9 Å². The Morgan fingerprint density at radius 1 is 1.37 bits per heavy atom. The number of benzene rings is 1. The van der Waals surface area contributed by atoms with E-state index in [9.17, 15) is 0 Å². The number of ether oxygens (including phenoxy) is 1. The van der Waals surface area contributed by atoms with Gasteiger partial charge in [0.1, 0.15) is 11.8 Å². The Kier molecular flexibility index (Phi) is 4.43. The SMILES string of the molecule is CCc1ccsc1CNc1cc(OC)ccc1C#N. The van der Waals surface area contributed by atoms with Crippen LogP contribution >= 0.6 is 11.3 Å². The molecule has 0 saturated heterocycles. The molecule has 2 aromatic rings. The van der Waals surface area contributed by atoms with Gasteiger partial charge in [-0.2, -0.15) is 5.26 Å². The maximum absolute atomic E-state index is 9.11. The third-order valence-corrected chi connectivity index (χ3v) is 3.97. The molecule has 0 radical (unpaired) electrons. The fourth-order valence-corrected chi connectivity index (χ4v) is 2.82. The highest BCUT2D eigenvalue weighted by Gasteiger charge is 2.06.